The summed E-state index contributed by atoms with van der Waals surface area (Å²) in [4.78, 5) is 17.3. The Morgan fingerprint density at radius 2 is 1.55 bits per heavy atom. The number of aryl methyl sites for hydroxylation is 1. The summed E-state index contributed by atoms with van der Waals surface area (Å²) in [6.45, 7) is 4.50. The number of nitrogens with zero attached hydrogens (tertiary/aromatic N) is 1. The van der Waals surface area contributed by atoms with Crippen LogP contribution in [-0.4, -0.2) is 11.0 Å². The average Bonchev–Trinajstić information content (AvgIpc) is 2.86. The van der Waals surface area contributed by atoms with Gasteiger partial charge in [0.2, 0.25) is 0 Å². The van der Waals surface area contributed by atoms with Crippen LogP contribution in [0.25, 0.3) is 11.3 Å². The maximum Gasteiger partial charge on any atom is 0.314 e. The van der Waals surface area contributed by atoms with E-state index in [1.54, 1.807) is 0 Å². The number of esters is 1. The molecule has 3 rings (SSSR count). The predicted octanol–water partition coefficient (Wildman–Crippen LogP) is 8.55. The van der Waals surface area contributed by atoms with Gasteiger partial charge in [-0.2, -0.15) is 0 Å². The number of carbonyl (C=O) groups is 1. The van der Waals surface area contributed by atoms with Crippen molar-refractivity contribution in [1.29, 1.82) is 0 Å². The van der Waals surface area contributed by atoms with Gasteiger partial charge in [-0.05, 0) is 80.3 Å². The topological polar surface area (TPSA) is 39.2 Å². The Hall–Kier alpha value is -2.16. The summed E-state index contributed by atoms with van der Waals surface area (Å²) < 4.78 is 5.72. The highest BCUT2D eigenvalue weighted by atomic mass is 16.5. The van der Waals surface area contributed by atoms with E-state index < -0.39 is 0 Å². The first-order valence-corrected chi connectivity index (χ1v) is 13.5. The zero-order valence-corrected chi connectivity index (χ0v) is 20.9. The van der Waals surface area contributed by atoms with Gasteiger partial charge < -0.3 is 4.74 Å². The summed E-state index contributed by atoms with van der Waals surface area (Å²) in [5, 5.41) is 0. The number of pyridine rings is 1. The lowest BCUT2D eigenvalue weighted by atomic mass is 9.80. The molecule has 180 valence electrons. The maximum absolute atomic E-state index is 12.7. The quantitative estimate of drug-likeness (QED) is 0.175. The van der Waals surface area contributed by atoms with E-state index in [0.29, 0.717) is 5.75 Å². The monoisotopic (exact) mass is 449 g/mol. The highest BCUT2D eigenvalue weighted by molar-refractivity contribution is 5.75. The van der Waals surface area contributed by atoms with E-state index in [4.69, 9.17) is 4.74 Å². The third kappa shape index (κ3) is 8.61. The molecule has 33 heavy (non-hydrogen) atoms. The van der Waals surface area contributed by atoms with Gasteiger partial charge in [-0.1, -0.05) is 71.3 Å². The van der Waals surface area contributed by atoms with Crippen molar-refractivity contribution in [3.63, 3.8) is 0 Å². The third-order valence-corrected chi connectivity index (χ3v) is 7.16. The number of aromatic nitrogens is 1. The van der Waals surface area contributed by atoms with E-state index in [-0.39, 0.29) is 11.9 Å². The molecule has 0 radical (unpaired) electrons. The van der Waals surface area contributed by atoms with Crippen LogP contribution in [0.3, 0.4) is 0 Å². The van der Waals surface area contributed by atoms with Crippen LogP contribution < -0.4 is 4.74 Å². The van der Waals surface area contributed by atoms with Crippen LogP contribution in [0.2, 0.25) is 0 Å². The molecule has 1 saturated carbocycles. The number of hydrogen-bond donors (Lipinski definition) is 0. The van der Waals surface area contributed by atoms with Crippen LogP contribution in [0.4, 0.5) is 0 Å². The SMILES string of the molecule is CCCCCCc1ccc(-c2ccc(OC(=O)[C@H]3CC[C@H](CCCCCC)CC3)cc2)nc1. The lowest BCUT2D eigenvalue weighted by Gasteiger charge is -2.27. The first kappa shape index (κ1) is 25.5. The molecule has 1 aliphatic rings. The minimum atomic E-state index is -0.0577. The molecule has 0 aliphatic heterocycles. The van der Waals surface area contributed by atoms with Gasteiger partial charge >= 0.3 is 5.97 Å². The van der Waals surface area contributed by atoms with E-state index in [1.165, 1.54) is 76.2 Å². The number of carbonyl (C=O) groups excluding carboxylic acids is 1. The van der Waals surface area contributed by atoms with Gasteiger partial charge in [0, 0.05) is 11.8 Å². The minimum absolute atomic E-state index is 0.0577. The standard InChI is InChI=1S/C30H43NO2/c1-3-5-7-9-11-24-13-16-27(17-14-24)30(32)33-28-20-18-26(19-21-28)29-22-15-25(23-31-29)12-10-8-6-4-2/h15,18-24,27H,3-14,16-17H2,1-2H3/t24-,27-. The van der Waals surface area contributed by atoms with Gasteiger partial charge in [0.15, 0.2) is 0 Å². The van der Waals surface area contributed by atoms with Crippen molar-refractivity contribution >= 4 is 5.97 Å². The molecule has 2 aromatic rings. The number of rotatable bonds is 13. The first-order chi connectivity index (χ1) is 16.2. The van der Waals surface area contributed by atoms with Gasteiger partial charge in [0.25, 0.3) is 0 Å². The van der Waals surface area contributed by atoms with Crippen LogP contribution >= 0.6 is 0 Å². The Bertz CT molecular complexity index is 804. The molecule has 3 heteroatoms. The van der Waals surface area contributed by atoms with Crippen molar-refractivity contribution in [3.05, 3.63) is 48.2 Å². The second kappa shape index (κ2) is 14.2. The Morgan fingerprint density at radius 1 is 0.848 bits per heavy atom. The fraction of sp³-hybridized carbons (Fsp3) is 0.600. The molecule has 1 aromatic carbocycles. The van der Waals surface area contributed by atoms with Crippen molar-refractivity contribution in [2.45, 2.75) is 104 Å². The van der Waals surface area contributed by atoms with Crippen molar-refractivity contribution in [3.8, 4) is 17.0 Å². The molecule has 1 aromatic heterocycles. The molecule has 0 unspecified atom stereocenters. The van der Waals surface area contributed by atoms with Gasteiger partial charge in [0.1, 0.15) is 5.75 Å². The smallest absolute Gasteiger partial charge is 0.314 e. The minimum Gasteiger partial charge on any atom is -0.426 e. The van der Waals surface area contributed by atoms with Crippen LogP contribution in [0, 0.1) is 11.8 Å². The molecule has 0 saturated heterocycles. The number of benzene rings is 1. The molecule has 1 aliphatic carbocycles. The zero-order chi connectivity index (χ0) is 23.3. The molecular weight excluding hydrogens is 406 g/mol. The van der Waals surface area contributed by atoms with E-state index in [9.17, 15) is 4.79 Å². The Morgan fingerprint density at radius 3 is 2.18 bits per heavy atom. The molecule has 0 amide bonds. The second-order valence-electron chi connectivity index (χ2n) is 9.87. The number of unbranched alkanes of at least 4 members (excludes halogenated alkanes) is 6. The van der Waals surface area contributed by atoms with E-state index in [0.717, 1.165) is 36.4 Å². The second-order valence-corrected chi connectivity index (χ2v) is 9.87. The van der Waals surface area contributed by atoms with E-state index in [1.807, 2.05) is 30.5 Å². The Balaban J connectivity index is 1.42. The fourth-order valence-corrected chi connectivity index (χ4v) is 4.94. The van der Waals surface area contributed by atoms with Gasteiger partial charge in [-0.15, -0.1) is 0 Å². The first-order valence-electron chi connectivity index (χ1n) is 13.5. The molecular formula is C30H43NO2. The summed E-state index contributed by atoms with van der Waals surface area (Å²) in [7, 11) is 0. The summed E-state index contributed by atoms with van der Waals surface area (Å²) in [5.74, 6) is 1.44. The predicted molar refractivity (Wildman–Crippen MR) is 137 cm³/mol. The molecule has 0 bridgehead atoms. The molecule has 0 spiro atoms. The van der Waals surface area contributed by atoms with Gasteiger partial charge in [-0.25, -0.2) is 0 Å². The Labute approximate surface area is 201 Å². The van der Waals surface area contributed by atoms with Crippen molar-refractivity contribution in [1.82, 2.24) is 4.98 Å². The normalized spacial score (nSPS) is 18.2. The highest BCUT2D eigenvalue weighted by Gasteiger charge is 2.27. The molecule has 0 atom stereocenters. The van der Waals surface area contributed by atoms with Crippen LogP contribution in [0.5, 0.6) is 5.75 Å². The average molecular weight is 450 g/mol. The van der Waals surface area contributed by atoms with Crippen LogP contribution in [0.1, 0.15) is 103 Å². The van der Waals surface area contributed by atoms with Gasteiger partial charge in [-0.3, -0.25) is 9.78 Å². The highest BCUT2D eigenvalue weighted by Crippen LogP contribution is 2.33. The summed E-state index contributed by atoms with van der Waals surface area (Å²) in [6.07, 6.45) is 19.2. The van der Waals surface area contributed by atoms with Crippen molar-refractivity contribution in [2.24, 2.45) is 11.8 Å². The largest absolute Gasteiger partial charge is 0.426 e. The third-order valence-electron chi connectivity index (χ3n) is 7.16. The maximum atomic E-state index is 12.7. The number of hydrogen-bond acceptors (Lipinski definition) is 3. The van der Waals surface area contributed by atoms with Crippen LogP contribution in [-0.2, 0) is 11.2 Å². The summed E-state index contributed by atoms with van der Waals surface area (Å²) >= 11 is 0. The Kier molecular flexibility index (Phi) is 10.9. The summed E-state index contributed by atoms with van der Waals surface area (Å²) in [6, 6.07) is 12.1. The lowest BCUT2D eigenvalue weighted by Crippen LogP contribution is -2.25. The van der Waals surface area contributed by atoms with Crippen molar-refractivity contribution in [2.75, 3.05) is 0 Å². The molecule has 1 heterocycles. The van der Waals surface area contributed by atoms with E-state index >= 15 is 0 Å². The summed E-state index contributed by atoms with van der Waals surface area (Å²) in [5.41, 5.74) is 3.31. The molecule has 3 nitrogen and oxygen atoms in total. The van der Waals surface area contributed by atoms with Crippen LogP contribution in [0.15, 0.2) is 42.6 Å². The zero-order valence-electron chi connectivity index (χ0n) is 20.9. The van der Waals surface area contributed by atoms with Gasteiger partial charge in [0.05, 0.1) is 11.6 Å². The fourth-order valence-electron chi connectivity index (χ4n) is 4.94. The molecule has 1 fully saturated rings. The number of ether oxygens (including phenoxy) is 1. The van der Waals surface area contributed by atoms with E-state index in [2.05, 4.69) is 31.0 Å². The molecule has 0 N–H and O–H groups in total. The van der Waals surface area contributed by atoms with Crippen molar-refractivity contribution < 1.29 is 9.53 Å². The lowest BCUT2D eigenvalue weighted by molar-refractivity contribution is -0.140.